The Labute approximate surface area is 90.4 Å². The summed E-state index contributed by atoms with van der Waals surface area (Å²) in [6, 6.07) is 0. The van der Waals surface area contributed by atoms with Gasteiger partial charge in [-0.25, -0.2) is 0 Å². The predicted molar refractivity (Wildman–Crippen MR) is 54.8 cm³/mol. The van der Waals surface area contributed by atoms with Gasteiger partial charge in [0.15, 0.2) is 5.76 Å². The molecule has 0 atom stereocenters. The van der Waals surface area contributed by atoms with E-state index in [9.17, 15) is 0 Å². The fourth-order valence-electron chi connectivity index (χ4n) is 2.08. The van der Waals surface area contributed by atoms with Gasteiger partial charge in [-0.2, -0.15) is 5.10 Å². The van der Waals surface area contributed by atoms with Gasteiger partial charge < -0.3 is 9.47 Å². The van der Waals surface area contributed by atoms with Crippen LogP contribution in [0.5, 0.6) is 0 Å². The van der Waals surface area contributed by atoms with E-state index in [0.717, 1.165) is 33.4 Å². The zero-order valence-electron chi connectivity index (χ0n) is 8.30. The lowest BCUT2D eigenvalue weighted by Crippen LogP contribution is -2.34. The van der Waals surface area contributed by atoms with Crippen LogP contribution in [0, 0.1) is 0 Å². The summed E-state index contributed by atoms with van der Waals surface area (Å²) in [4.78, 5) is 4.40. The van der Waals surface area contributed by atoms with Crippen molar-refractivity contribution in [3.05, 3.63) is 39.5 Å². The second kappa shape index (κ2) is 2.69. The Morgan fingerprint density at radius 3 is 3.25 bits per heavy atom. The van der Waals surface area contributed by atoms with E-state index >= 15 is 0 Å². The number of hydrogen-bond donors (Lipinski definition) is 0. The zero-order valence-corrected chi connectivity index (χ0v) is 8.30. The molecule has 0 aromatic carbocycles. The molecule has 0 radical (unpaired) electrons. The number of aromatic nitrogens is 1. The lowest BCUT2D eigenvalue weighted by Gasteiger charge is -2.07. The van der Waals surface area contributed by atoms with Crippen molar-refractivity contribution < 1.29 is 9.47 Å². The summed E-state index contributed by atoms with van der Waals surface area (Å²) in [5, 5.41) is 9.88. The Balaban J connectivity index is 2.07. The number of allylic oxidation sites excluding steroid dienone is 2. The molecule has 0 bridgehead atoms. The molecule has 1 aromatic rings. The van der Waals surface area contributed by atoms with E-state index in [1.807, 2.05) is 6.08 Å². The minimum absolute atomic E-state index is 0.297. The zero-order chi connectivity index (χ0) is 10.5. The van der Waals surface area contributed by atoms with Gasteiger partial charge in [0, 0.05) is 17.0 Å². The van der Waals surface area contributed by atoms with Crippen LogP contribution in [0.2, 0.25) is 0 Å². The molecule has 3 heterocycles. The first kappa shape index (κ1) is 8.04. The highest BCUT2D eigenvalue weighted by Gasteiger charge is 2.22. The van der Waals surface area contributed by atoms with Gasteiger partial charge in [0.1, 0.15) is 11.1 Å². The average molecular weight is 213 g/mol. The summed E-state index contributed by atoms with van der Waals surface area (Å²) in [6.07, 6.45) is 6.12. The van der Waals surface area contributed by atoms with Gasteiger partial charge in [0.25, 0.3) is 0 Å². The second-order valence-corrected chi connectivity index (χ2v) is 3.78. The average Bonchev–Trinajstić information content (AvgIpc) is 2.94. The van der Waals surface area contributed by atoms with Crippen LogP contribution in [0.4, 0.5) is 0 Å². The second-order valence-electron chi connectivity index (χ2n) is 3.78. The fraction of sp³-hybridized carbons (Fsp3) is 0.182. The quantitative estimate of drug-likeness (QED) is 0.589. The van der Waals surface area contributed by atoms with Crippen LogP contribution in [-0.4, -0.2) is 18.0 Å². The minimum Gasteiger partial charge on any atom is -0.458 e. The van der Waals surface area contributed by atoms with Gasteiger partial charge in [-0.05, 0) is 6.08 Å². The summed E-state index contributed by atoms with van der Waals surface area (Å²) in [5.74, 6) is 1.66. The van der Waals surface area contributed by atoms with Crippen molar-refractivity contribution in [2.24, 2.45) is 10.2 Å². The SMILES string of the molecule is C1=NN=c2c1cnc1c2=CC2=C(C1)OCO2. The Bertz CT molecular complexity index is 673. The molecule has 16 heavy (non-hydrogen) atoms. The van der Waals surface area contributed by atoms with Crippen LogP contribution in [0.1, 0.15) is 11.3 Å². The van der Waals surface area contributed by atoms with E-state index in [-0.39, 0.29) is 0 Å². The highest BCUT2D eigenvalue weighted by molar-refractivity contribution is 5.80. The Hall–Kier alpha value is -2.17. The molecule has 0 saturated carbocycles. The molecule has 0 fully saturated rings. The van der Waals surface area contributed by atoms with Crippen molar-refractivity contribution in [1.29, 1.82) is 0 Å². The molecule has 0 amide bonds. The first-order chi connectivity index (χ1) is 7.92. The van der Waals surface area contributed by atoms with Gasteiger partial charge in [-0.3, -0.25) is 4.98 Å². The van der Waals surface area contributed by atoms with Crippen molar-refractivity contribution in [2.45, 2.75) is 6.42 Å². The molecule has 3 aliphatic rings. The van der Waals surface area contributed by atoms with Gasteiger partial charge >= 0.3 is 0 Å². The van der Waals surface area contributed by atoms with Crippen LogP contribution < -0.4 is 10.6 Å². The van der Waals surface area contributed by atoms with E-state index in [1.54, 1.807) is 12.4 Å². The van der Waals surface area contributed by atoms with E-state index in [4.69, 9.17) is 9.47 Å². The summed E-state index contributed by atoms with van der Waals surface area (Å²) in [6.45, 7) is 0.297. The maximum Gasteiger partial charge on any atom is 0.230 e. The first-order valence-corrected chi connectivity index (χ1v) is 5.01. The number of pyridine rings is 1. The standard InChI is InChI=1S/C11H7N3O2/c1-7-8(2-10-9(1)15-5-16-10)12-3-6-4-13-14-11(6)7/h1,3-4H,2,5H2. The Morgan fingerprint density at radius 2 is 2.25 bits per heavy atom. The first-order valence-electron chi connectivity index (χ1n) is 5.01. The van der Waals surface area contributed by atoms with Crippen molar-refractivity contribution in [3.8, 4) is 0 Å². The summed E-state index contributed by atoms with van der Waals surface area (Å²) >= 11 is 0. The molecular weight excluding hydrogens is 206 g/mol. The van der Waals surface area contributed by atoms with E-state index < -0.39 is 0 Å². The van der Waals surface area contributed by atoms with Crippen LogP contribution in [-0.2, 0) is 15.9 Å². The number of fused-ring (bicyclic) bond motifs is 3. The third kappa shape index (κ3) is 0.920. The monoisotopic (exact) mass is 213 g/mol. The molecule has 5 heteroatoms. The predicted octanol–water partition coefficient (Wildman–Crippen LogP) is -0.399. The Kier molecular flexibility index (Phi) is 1.35. The topological polar surface area (TPSA) is 56.1 Å². The molecule has 0 N–H and O–H groups in total. The number of rotatable bonds is 0. The van der Waals surface area contributed by atoms with Gasteiger partial charge in [0.2, 0.25) is 6.79 Å². The molecular formula is C11H7N3O2. The van der Waals surface area contributed by atoms with Crippen molar-refractivity contribution in [3.63, 3.8) is 0 Å². The maximum atomic E-state index is 5.37. The molecule has 1 aliphatic carbocycles. The molecule has 4 rings (SSSR count). The van der Waals surface area contributed by atoms with Crippen LogP contribution in [0.15, 0.2) is 27.9 Å². The number of ether oxygens (including phenoxy) is 2. The molecule has 1 aromatic heterocycles. The van der Waals surface area contributed by atoms with E-state index in [2.05, 4.69) is 15.2 Å². The minimum atomic E-state index is 0.297. The van der Waals surface area contributed by atoms with Crippen molar-refractivity contribution in [2.75, 3.05) is 6.79 Å². The highest BCUT2D eigenvalue weighted by atomic mass is 16.7. The molecule has 2 aliphatic heterocycles. The summed E-state index contributed by atoms with van der Waals surface area (Å²) in [7, 11) is 0. The maximum absolute atomic E-state index is 5.37. The molecule has 78 valence electrons. The molecule has 0 saturated heterocycles. The van der Waals surface area contributed by atoms with E-state index in [0.29, 0.717) is 13.2 Å². The van der Waals surface area contributed by atoms with Crippen molar-refractivity contribution in [1.82, 2.24) is 4.98 Å². The highest BCUT2D eigenvalue weighted by Crippen LogP contribution is 2.22. The lowest BCUT2D eigenvalue weighted by atomic mass is 10.1. The summed E-state index contributed by atoms with van der Waals surface area (Å²) in [5.41, 5.74) is 1.93. The fourth-order valence-corrected chi connectivity index (χ4v) is 2.08. The lowest BCUT2D eigenvalue weighted by molar-refractivity contribution is 0.0746. The number of hydrogen-bond acceptors (Lipinski definition) is 5. The summed E-state index contributed by atoms with van der Waals surface area (Å²) < 4.78 is 10.7. The van der Waals surface area contributed by atoms with Crippen molar-refractivity contribution >= 4 is 12.3 Å². The Morgan fingerprint density at radius 1 is 1.25 bits per heavy atom. The third-order valence-electron chi connectivity index (χ3n) is 2.88. The molecule has 5 nitrogen and oxygen atoms in total. The number of nitrogens with zero attached hydrogens (tertiary/aromatic N) is 3. The normalized spacial score (nSPS) is 19.0. The third-order valence-corrected chi connectivity index (χ3v) is 2.88. The van der Waals surface area contributed by atoms with Gasteiger partial charge in [0.05, 0.1) is 18.3 Å². The smallest absolute Gasteiger partial charge is 0.230 e. The van der Waals surface area contributed by atoms with Crippen LogP contribution in [0.3, 0.4) is 0 Å². The largest absolute Gasteiger partial charge is 0.458 e. The van der Waals surface area contributed by atoms with E-state index in [1.165, 1.54) is 0 Å². The van der Waals surface area contributed by atoms with Crippen LogP contribution >= 0.6 is 0 Å². The van der Waals surface area contributed by atoms with Crippen LogP contribution in [0.25, 0.3) is 6.08 Å². The van der Waals surface area contributed by atoms with Gasteiger partial charge in [-0.15, -0.1) is 5.10 Å². The van der Waals surface area contributed by atoms with Gasteiger partial charge in [-0.1, -0.05) is 0 Å². The molecule has 0 unspecified atom stereocenters. The molecule has 0 spiro atoms.